The summed E-state index contributed by atoms with van der Waals surface area (Å²) < 4.78 is 1.11. The molecule has 3 rings (SSSR count). The number of amides is 1. The summed E-state index contributed by atoms with van der Waals surface area (Å²) in [4.78, 5) is 14.9. The second-order valence-electron chi connectivity index (χ2n) is 8.77. The van der Waals surface area contributed by atoms with Crippen molar-refractivity contribution in [1.82, 2.24) is 0 Å². The molecule has 0 spiro atoms. The van der Waals surface area contributed by atoms with Gasteiger partial charge in [0.05, 0.1) is 0 Å². The summed E-state index contributed by atoms with van der Waals surface area (Å²) in [5, 5.41) is 3.17. The van der Waals surface area contributed by atoms with E-state index in [-0.39, 0.29) is 11.3 Å². The van der Waals surface area contributed by atoms with Crippen LogP contribution in [0.25, 0.3) is 0 Å². The lowest BCUT2D eigenvalue weighted by molar-refractivity contribution is -0.117. The van der Waals surface area contributed by atoms with Gasteiger partial charge in [0.25, 0.3) is 0 Å². The Morgan fingerprint density at radius 3 is 2.48 bits per heavy atom. The molecule has 4 heteroatoms. The largest absolute Gasteiger partial charge is 0.367 e. The molecule has 0 saturated heterocycles. The highest BCUT2D eigenvalue weighted by Gasteiger charge is 2.25. The van der Waals surface area contributed by atoms with Crippen molar-refractivity contribution in [3.8, 4) is 0 Å². The van der Waals surface area contributed by atoms with E-state index < -0.39 is 0 Å². The molecule has 0 unspecified atom stereocenters. The first kappa shape index (κ1) is 19.9. The first-order chi connectivity index (χ1) is 12.6. The molecule has 0 atom stereocenters. The van der Waals surface area contributed by atoms with Gasteiger partial charge in [-0.15, -0.1) is 0 Å². The minimum Gasteiger partial charge on any atom is -0.367 e. The monoisotopic (exact) mass is 428 g/mol. The summed E-state index contributed by atoms with van der Waals surface area (Å²) in [5.41, 5.74) is 7.31. The molecule has 2 aromatic rings. The van der Waals surface area contributed by atoms with Crippen LogP contribution in [0.15, 0.2) is 34.8 Å². The van der Waals surface area contributed by atoms with Crippen LogP contribution in [0.5, 0.6) is 0 Å². The Labute approximate surface area is 171 Å². The minimum absolute atomic E-state index is 0.00982. The number of nitrogens with zero attached hydrogens (tertiary/aromatic N) is 1. The van der Waals surface area contributed by atoms with E-state index in [9.17, 15) is 4.79 Å². The highest BCUT2D eigenvalue weighted by molar-refractivity contribution is 9.10. The van der Waals surface area contributed by atoms with Gasteiger partial charge < -0.3 is 10.2 Å². The van der Waals surface area contributed by atoms with Crippen molar-refractivity contribution in [1.29, 1.82) is 0 Å². The van der Waals surface area contributed by atoms with E-state index in [1.54, 1.807) is 0 Å². The molecule has 1 aliphatic heterocycles. The lowest BCUT2D eigenvalue weighted by Crippen LogP contribution is -2.21. The first-order valence-electron chi connectivity index (χ1n) is 9.56. The SMILES string of the molecule is Cc1cc2c(c(C)c1NC(=O)CC(C)(C)C)CCN2Cc1ccc(Br)cc1. The first-order valence-corrected chi connectivity index (χ1v) is 10.4. The van der Waals surface area contributed by atoms with Gasteiger partial charge >= 0.3 is 0 Å². The van der Waals surface area contributed by atoms with E-state index in [2.05, 4.69) is 91.1 Å². The lowest BCUT2D eigenvalue weighted by atomic mass is 9.91. The predicted octanol–water partition coefficient (Wildman–Crippen LogP) is 6.00. The third-order valence-corrected chi connectivity index (χ3v) is 5.63. The van der Waals surface area contributed by atoms with Crippen LogP contribution in [0.1, 0.15) is 49.4 Å². The molecule has 2 aromatic carbocycles. The van der Waals surface area contributed by atoms with Crippen LogP contribution in [0.2, 0.25) is 0 Å². The average molecular weight is 429 g/mol. The Hall–Kier alpha value is -1.81. The molecule has 144 valence electrons. The zero-order chi connectivity index (χ0) is 19.8. The number of rotatable bonds is 4. The maximum atomic E-state index is 12.4. The van der Waals surface area contributed by atoms with Crippen molar-refractivity contribution in [3.05, 3.63) is 57.1 Å². The number of aryl methyl sites for hydroxylation is 1. The zero-order valence-electron chi connectivity index (χ0n) is 16.9. The molecule has 27 heavy (non-hydrogen) atoms. The quantitative estimate of drug-likeness (QED) is 0.646. The normalized spacial score (nSPS) is 13.6. The fourth-order valence-electron chi connectivity index (χ4n) is 3.80. The standard InChI is InChI=1S/C23H29BrN2O/c1-15-12-20-19(16(2)22(15)25-21(27)13-23(3,4)5)10-11-26(20)14-17-6-8-18(24)9-7-17/h6-9,12H,10-11,13-14H2,1-5H3,(H,25,27). The number of anilines is 2. The van der Waals surface area contributed by atoms with Gasteiger partial charge in [0.15, 0.2) is 0 Å². The number of hydrogen-bond acceptors (Lipinski definition) is 2. The van der Waals surface area contributed by atoms with Crippen LogP contribution in [0.3, 0.4) is 0 Å². The number of hydrogen-bond donors (Lipinski definition) is 1. The summed E-state index contributed by atoms with van der Waals surface area (Å²) in [6.45, 7) is 12.4. The van der Waals surface area contributed by atoms with Crippen LogP contribution in [0.4, 0.5) is 11.4 Å². The average Bonchev–Trinajstić information content (AvgIpc) is 2.95. The van der Waals surface area contributed by atoms with Gasteiger partial charge in [-0.05, 0) is 66.1 Å². The predicted molar refractivity (Wildman–Crippen MR) is 118 cm³/mol. The van der Waals surface area contributed by atoms with Gasteiger partial charge in [0.1, 0.15) is 0 Å². The van der Waals surface area contributed by atoms with Gasteiger partial charge in [0, 0.05) is 35.4 Å². The van der Waals surface area contributed by atoms with E-state index in [1.807, 2.05) is 0 Å². The molecule has 0 aromatic heterocycles. The summed E-state index contributed by atoms with van der Waals surface area (Å²) in [5.74, 6) is 0.0957. The summed E-state index contributed by atoms with van der Waals surface area (Å²) in [6, 6.07) is 10.8. The smallest absolute Gasteiger partial charge is 0.224 e. The third-order valence-electron chi connectivity index (χ3n) is 5.10. The van der Waals surface area contributed by atoms with E-state index in [0.29, 0.717) is 6.42 Å². The molecule has 1 heterocycles. The summed E-state index contributed by atoms with van der Waals surface area (Å²) in [6.07, 6.45) is 1.55. The van der Waals surface area contributed by atoms with Crippen molar-refractivity contribution < 1.29 is 4.79 Å². The summed E-state index contributed by atoms with van der Waals surface area (Å²) in [7, 11) is 0. The molecule has 0 saturated carbocycles. The van der Waals surface area contributed by atoms with E-state index in [1.165, 1.54) is 22.4 Å². The van der Waals surface area contributed by atoms with Crippen molar-refractivity contribution in [2.24, 2.45) is 5.41 Å². The molecule has 0 fully saturated rings. The van der Waals surface area contributed by atoms with Crippen LogP contribution >= 0.6 is 15.9 Å². The van der Waals surface area contributed by atoms with Crippen LogP contribution in [0, 0.1) is 19.3 Å². The molecule has 0 aliphatic carbocycles. The van der Waals surface area contributed by atoms with E-state index in [0.717, 1.165) is 35.2 Å². The molecular weight excluding hydrogens is 400 g/mol. The van der Waals surface area contributed by atoms with Gasteiger partial charge in [-0.3, -0.25) is 4.79 Å². The minimum atomic E-state index is -0.00982. The highest BCUT2D eigenvalue weighted by Crippen LogP contribution is 2.38. The second kappa shape index (κ2) is 7.67. The van der Waals surface area contributed by atoms with Crippen LogP contribution < -0.4 is 10.2 Å². The van der Waals surface area contributed by atoms with Crippen LogP contribution in [-0.2, 0) is 17.8 Å². The van der Waals surface area contributed by atoms with Crippen molar-refractivity contribution >= 4 is 33.2 Å². The van der Waals surface area contributed by atoms with E-state index in [4.69, 9.17) is 0 Å². The van der Waals surface area contributed by atoms with Gasteiger partial charge in [-0.2, -0.15) is 0 Å². The number of carbonyl (C=O) groups excluding carboxylic acids is 1. The van der Waals surface area contributed by atoms with Gasteiger partial charge in [-0.25, -0.2) is 0 Å². The summed E-state index contributed by atoms with van der Waals surface area (Å²) >= 11 is 3.50. The third kappa shape index (κ3) is 4.73. The highest BCUT2D eigenvalue weighted by atomic mass is 79.9. The maximum Gasteiger partial charge on any atom is 0.224 e. The Morgan fingerprint density at radius 1 is 1.19 bits per heavy atom. The maximum absolute atomic E-state index is 12.4. The van der Waals surface area contributed by atoms with Gasteiger partial charge in [-0.1, -0.05) is 48.8 Å². The second-order valence-corrected chi connectivity index (χ2v) is 9.69. The molecule has 1 N–H and O–H groups in total. The van der Waals surface area contributed by atoms with Crippen molar-refractivity contribution in [2.45, 2.75) is 54.0 Å². The Kier molecular flexibility index (Phi) is 5.66. The zero-order valence-corrected chi connectivity index (χ0v) is 18.5. The molecule has 1 amide bonds. The topological polar surface area (TPSA) is 32.3 Å². The Morgan fingerprint density at radius 2 is 1.85 bits per heavy atom. The van der Waals surface area contributed by atoms with Crippen molar-refractivity contribution in [3.63, 3.8) is 0 Å². The number of halogens is 1. The Bertz CT molecular complexity index is 850. The molecular formula is C23H29BrN2O. The van der Waals surface area contributed by atoms with Gasteiger partial charge in [0.2, 0.25) is 5.91 Å². The van der Waals surface area contributed by atoms with Crippen LogP contribution in [-0.4, -0.2) is 12.5 Å². The molecule has 0 radical (unpaired) electrons. The molecule has 1 aliphatic rings. The fourth-order valence-corrected chi connectivity index (χ4v) is 4.06. The van der Waals surface area contributed by atoms with E-state index >= 15 is 0 Å². The molecule has 3 nitrogen and oxygen atoms in total. The fraction of sp³-hybridized carbons (Fsp3) is 0.435. The van der Waals surface area contributed by atoms with Crippen molar-refractivity contribution in [2.75, 3.05) is 16.8 Å². The number of fused-ring (bicyclic) bond motifs is 1. The Balaban J connectivity index is 1.82. The lowest BCUT2D eigenvalue weighted by Gasteiger charge is -2.23. The molecule has 0 bridgehead atoms. The number of benzene rings is 2. The number of nitrogens with one attached hydrogen (secondary N) is 1. The number of carbonyl (C=O) groups is 1.